The van der Waals surface area contributed by atoms with Gasteiger partial charge in [-0.2, -0.15) is 0 Å². The van der Waals surface area contributed by atoms with E-state index in [9.17, 15) is 13.2 Å². The van der Waals surface area contributed by atoms with Crippen molar-refractivity contribution in [3.8, 4) is 0 Å². The molecule has 2 N–H and O–H groups in total. The Morgan fingerprint density at radius 2 is 1.62 bits per heavy atom. The lowest BCUT2D eigenvalue weighted by Gasteiger charge is -2.12. The molecule has 0 aliphatic heterocycles. The second kappa shape index (κ2) is 7.49. The molecule has 1 atom stereocenters. The molecule has 2 aromatic carbocycles. The zero-order chi connectivity index (χ0) is 17.7. The van der Waals surface area contributed by atoms with E-state index in [4.69, 9.17) is 0 Å². The van der Waals surface area contributed by atoms with Crippen molar-refractivity contribution in [3.05, 3.63) is 59.7 Å². The molecule has 0 bridgehead atoms. The topological polar surface area (TPSA) is 75.3 Å². The smallest absolute Gasteiger partial charge is 0.261 e. The molecule has 0 saturated carbocycles. The first-order chi connectivity index (χ1) is 11.3. The minimum Gasteiger partial charge on any atom is -0.350 e. The van der Waals surface area contributed by atoms with Crippen molar-refractivity contribution in [3.63, 3.8) is 0 Å². The summed E-state index contributed by atoms with van der Waals surface area (Å²) in [4.78, 5) is 12.2. The molecule has 0 aliphatic carbocycles. The molecule has 24 heavy (non-hydrogen) atoms. The van der Waals surface area contributed by atoms with E-state index >= 15 is 0 Å². The number of benzene rings is 2. The van der Waals surface area contributed by atoms with E-state index in [1.165, 1.54) is 0 Å². The Labute approximate surface area is 143 Å². The zero-order valence-electron chi connectivity index (χ0n) is 14.0. The first-order valence-corrected chi connectivity index (χ1v) is 9.30. The fourth-order valence-electron chi connectivity index (χ4n) is 2.03. The van der Waals surface area contributed by atoms with Gasteiger partial charge < -0.3 is 5.32 Å². The molecule has 0 heterocycles. The SMILES string of the molecule is CCC(C)NC(=O)c1ccc(NS(=O)(=O)c2ccc(C)cc2)cc1. The van der Waals surface area contributed by atoms with Gasteiger partial charge in [0.2, 0.25) is 0 Å². The molecule has 1 amide bonds. The first kappa shape index (κ1) is 18.0. The number of hydrogen-bond donors (Lipinski definition) is 2. The maximum Gasteiger partial charge on any atom is 0.261 e. The average Bonchev–Trinajstić information content (AvgIpc) is 2.55. The normalized spacial score (nSPS) is 12.5. The van der Waals surface area contributed by atoms with Crippen molar-refractivity contribution in [2.75, 3.05) is 4.72 Å². The highest BCUT2D eigenvalue weighted by molar-refractivity contribution is 7.92. The van der Waals surface area contributed by atoms with Crippen LogP contribution in [0.5, 0.6) is 0 Å². The minimum absolute atomic E-state index is 0.0946. The number of carbonyl (C=O) groups is 1. The van der Waals surface area contributed by atoms with Crippen molar-refractivity contribution in [1.82, 2.24) is 5.32 Å². The predicted molar refractivity (Wildman–Crippen MR) is 95.6 cm³/mol. The van der Waals surface area contributed by atoms with Gasteiger partial charge in [0.05, 0.1) is 4.90 Å². The van der Waals surface area contributed by atoms with E-state index in [0.717, 1.165) is 12.0 Å². The highest BCUT2D eigenvalue weighted by atomic mass is 32.2. The quantitative estimate of drug-likeness (QED) is 0.842. The second-order valence-electron chi connectivity index (χ2n) is 5.78. The minimum atomic E-state index is -3.64. The number of amides is 1. The average molecular weight is 346 g/mol. The Kier molecular flexibility index (Phi) is 5.62. The van der Waals surface area contributed by atoms with Gasteiger partial charge in [0, 0.05) is 17.3 Å². The van der Waals surface area contributed by atoms with Crippen LogP contribution in [0.4, 0.5) is 5.69 Å². The molecule has 128 valence electrons. The third kappa shape index (κ3) is 4.58. The van der Waals surface area contributed by atoms with Crippen LogP contribution in [0.2, 0.25) is 0 Å². The number of hydrogen-bond acceptors (Lipinski definition) is 3. The lowest BCUT2D eigenvalue weighted by atomic mass is 10.1. The van der Waals surface area contributed by atoms with Crippen LogP contribution >= 0.6 is 0 Å². The number of anilines is 1. The molecule has 6 heteroatoms. The van der Waals surface area contributed by atoms with Crippen LogP contribution in [0.25, 0.3) is 0 Å². The number of sulfonamides is 1. The van der Waals surface area contributed by atoms with Crippen LogP contribution in [0.15, 0.2) is 53.4 Å². The van der Waals surface area contributed by atoms with Gasteiger partial charge in [0.1, 0.15) is 0 Å². The molecule has 0 saturated heterocycles. The van der Waals surface area contributed by atoms with Crippen LogP contribution in [-0.4, -0.2) is 20.4 Å². The zero-order valence-corrected chi connectivity index (χ0v) is 14.9. The lowest BCUT2D eigenvalue weighted by molar-refractivity contribution is 0.0939. The van der Waals surface area contributed by atoms with Gasteiger partial charge in [0.15, 0.2) is 0 Å². The molecule has 5 nitrogen and oxygen atoms in total. The van der Waals surface area contributed by atoms with Gasteiger partial charge in [-0.3, -0.25) is 9.52 Å². The number of carbonyl (C=O) groups excluding carboxylic acids is 1. The molecule has 1 unspecified atom stereocenters. The van der Waals surface area contributed by atoms with Gasteiger partial charge in [0.25, 0.3) is 15.9 Å². The summed E-state index contributed by atoms with van der Waals surface area (Å²) in [5.41, 5.74) is 1.90. The second-order valence-corrected chi connectivity index (χ2v) is 7.46. The summed E-state index contributed by atoms with van der Waals surface area (Å²) in [5, 5.41) is 2.87. The van der Waals surface area contributed by atoms with Crippen LogP contribution in [0.3, 0.4) is 0 Å². The maximum atomic E-state index is 12.3. The van der Waals surface area contributed by atoms with Crippen LogP contribution < -0.4 is 10.0 Å². The van der Waals surface area contributed by atoms with E-state index in [1.54, 1.807) is 48.5 Å². The number of rotatable bonds is 6. The monoisotopic (exact) mass is 346 g/mol. The number of aryl methyl sites for hydroxylation is 1. The Morgan fingerprint density at radius 3 is 2.17 bits per heavy atom. The summed E-state index contributed by atoms with van der Waals surface area (Å²) in [6, 6.07) is 13.1. The summed E-state index contributed by atoms with van der Waals surface area (Å²) >= 11 is 0. The molecular formula is C18H22N2O3S. The summed E-state index contributed by atoms with van der Waals surface area (Å²) in [6.45, 7) is 5.82. The van der Waals surface area contributed by atoms with Gasteiger partial charge in [-0.25, -0.2) is 8.42 Å². The molecule has 2 aromatic rings. The summed E-state index contributed by atoms with van der Waals surface area (Å²) < 4.78 is 27.2. The standard InChI is InChI=1S/C18H22N2O3S/c1-4-14(3)19-18(21)15-7-9-16(10-8-15)20-24(22,23)17-11-5-13(2)6-12-17/h5-12,14,20H,4H2,1-3H3,(H,19,21). The van der Waals surface area contributed by atoms with Crippen molar-refractivity contribution in [1.29, 1.82) is 0 Å². The fraction of sp³-hybridized carbons (Fsp3) is 0.278. The van der Waals surface area contributed by atoms with Crippen molar-refractivity contribution >= 4 is 21.6 Å². The Bertz CT molecular complexity index is 797. The van der Waals surface area contributed by atoms with E-state index < -0.39 is 10.0 Å². The maximum absolute atomic E-state index is 12.3. The van der Waals surface area contributed by atoms with Crippen molar-refractivity contribution in [2.45, 2.75) is 38.1 Å². The highest BCUT2D eigenvalue weighted by Crippen LogP contribution is 2.17. The Hall–Kier alpha value is -2.34. The van der Waals surface area contributed by atoms with Gasteiger partial charge >= 0.3 is 0 Å². The van der Waals surface area contributed by atoms with E-state index in [2.05, 4.69) is 10.0 Å². The van der Waals surface area contributed by atoms with Crippen molar-refractivity contribution in [2.24, 2.45) is 0 Å². The molecule has 0 fully saturated rings. The third-order valence-corrected chi connectivity index (χ3v) is 5.12. The largest absolute Gasteiger partial charge is 0.350 e. The number of nitrogens with one attached hydrogen (secondary N) is 2. The predicted octanol–water partition coefficient (Wildman–Crippen LogP) is 3.32. The molecule has 0 aliphatic rings. The van der Waals surface area contributed by atoms with Crippen LogP contribution in [0, 0.1) is 6.92 Å². The Morgan fingerprint density at radius 1 is 1.04 bits per heavy atom. The molecule has 2 rings (SSSR count). The van der Waals surface area contributed by atoms with E-state index in [0.29, 0.717) is 11.3 Å². The highest BCUT2D eigenvalue weighted by Gasteiger charge is 2.14. The summed E-state index contributed by atoms with van der Waals surface area (Å²) in [6.07, 6.45) is 0.847. The van der Waals surface area contributed by atoms with Crippen LogP contribution in [-0.2, 0) is 10.0 Å². The molecular weight excluding hydrogens is 324 g/mol. The van der Waals surface area contributed by atoms with Gasteiger partial charge in [-0.1, -0.05) is 24.6 Å². The van der Waals surface area contributed by atoms with E-state index in [-0.39, 0.29) is 16.8 Å². The van der Waals surface area contributed by atoms with Gasteiger partial charge in [-0.15, -0.1) is 0 Å². The van der Waals surface area contributed by atoms with Crippen LogP contribution in [0.1, 0.15) is 36.2 Å². The summed E-state index contributed by atoms with van der Waals surface area (Å²) in [5.74, 6) is -0.169. The van der Waals surface area contributed by atoms with E-state index in [1.807, 2.05) is 20.8 Å². The molecule has 0 radical (unpaired) electrons. The fourth-order valence-corrected chi connectivity index (χ4v) is 3.09. The molecule has 0 spiro atoms. The van der Waals surface area contributed by atoms with Crippen molar-refractivity contribution < 1.29 is 13.2 Å². The molecule has 0 aromatic heterocycles. The van der Waals surface area contributed by atoms with Gasteiger partial charge in [-0.05, 0) is 56.7 Å². The third-order valence-electron chi connectivity index (χ3n) is 3.72. The Balaban J connectivity index is 2.11. The summed E-state index contributed by atoms with van der Waals surface area (Å²) in [7, 11) is -3.64. The first-order valence-electron chi connectivity index (χ1n) is 7.82. The lowest BCUT2D eigenvalue weighted by Crippen LogP contribution is -2.31.